The first-order valence-electron chi connectivity index (χ1n) is 4.09. The molecular weight excluding hydrogens is 200 g/mol. The molecule has 0 saturated heterocycles. The van der Waals surface area contributed by atoms with Gasteiger partial charge in [-0.15, -0.1) is 0 Å². The molecule has 2 heterocycles. The normalized spacial score (nSPS) is 10.1. The Labute approximate surface area is 83.5 Å². The number of nitrogen functional groups attached to an aromatic ring is 1. The van der Waals surface area contributed by atoms with Gasteiger partial charge < -0.3 is 20.6 Å². The van der Waals surface area contributed by atoms with E-state index >= 15 is 0 Å². The van der Waals surface area contributed by atoms with E-state index in [0.717, 1.165) is 0 Å². The Balaban J connectivity index is 2.12. The van der Waals surface area contributed by atoms with Crippen molar-refractivity contribution in [1.29, 1.82) is 0 Å². The van der Waals surface area contributed by atoms with E-state index < -0.39 is 0 Å². The molecule has 4 N–H and O–H groups in total. The molecule has 0 unspecified atom stereocenters. The largest absolute Gasteiger partial charge is 0.391 e. The summed E-state index contributed by atoms with van der Waals surface area (Å²) in [6.45, 7) is 0.289. The van der Waals surface area contributed by atoms with E-state index in [-0.39, 0.29) is 17.8 Å². The van der Waals surface area contributed by atoms with Crippen LogP contribution in [0.25, 0.3) is 0 Å². The van der Waals surface area contributed by atoms with Gasteiger partial charge in [0, 0.05) is 0 Å². The summed E-state index contributed by atoms with van der Waals surface area (Å²) in [4.78, 5) is 21.1. The van der Waals surface area contributed by atoms with Crippen LogP contribution >= 0.6 is 0 Å². The third kappa shape index (κ3) is 1.93. The maximum atomic E-state index is 11.1. The molecule has 0 radical (unpaired) electrons. The highest BCUT2D eigenvalue weighted by molar-refractivity contribution is 5.58. The second kappa shape index (κ2) is 3.78. The SMILES string of the molecule is Nc1c(NCc2ncon2)nc[nH]c1=O. The lowest BCUT2D eigenvalue weighted by molar-refractivity contribution is 0.411. The Bertz CT molecular complexity index is 490. The fourth-order valence-electron chi connectivity index (χ4n) is 0.984. The quantitative estimate of drug-likeness (QED) is 0.612. The van der Waals surface area contributed by atoms with Crippen LogP contribution in [0.3, 0.4) is 0 Å². The van der Waals surface area contributed by atoms with Crippen molar-refractivity contribution in [2.45, 2.75) is 6.54 Å². The molecule has 0 aliphatic rings. The van der Waals surface area contributed by atoms with Crippen LogP contribution in [-0.2, 0) is 6.54 Å². The van der Waals surface area contributed by atoms with Crippen LogP contribution in [0.15, 0.2) is 22.0 Å². The maximum absolute atomic E-state index is 11.1. The maximum Gasteiger partial charge on any atom is 0.276 e. The summed E-state index contributed by atoms with van der Waals surface area (Å²) in [7, 11) is 0. The average molecular weight is 208 g/mol. The van der Waals surface area contributed by atoms with Crippen molar-refractivity contribution in [3.05, 3.63) is 28.9 Å². The number of rotatable bonds is 3. The van der Waals surface area contributed by atoms with Gasteiger partial charge in [0.25, 0.3) is 5.56 Å². The minimum atomic E-state index is -0.388. The second-order valence-corrected chi connectivity index (χ2v) is 2.69. The molecular formula is C7H8N6O2. The Morgan fingerprint density at radius 1 is 1.53 bits per heavy atom. The molecule has 0 spiro atoms. The van der Waals surface area contributed by atoms with E-state index in [1.165, 1.54) is 12.7 Å². The molecule has 0 saturated carbocycles. The Kier molecular flexibility index (Phi) is 2.31. The molecule has 0 aliphatic carbocycles. The number of nitrogens with two attached hydrogens (primary N) is 1. The highest BCUT2D eigenvalue weighted by Crippen LogP contribution is 2.07. The number of hydrogen-bond donors (Lipinski definition) is 3. The summed E-state index contributed by atoms with van der Waals surface area (Å²) < 4.78 is 4.54. The van der Waals surface area contributed by atoms with Crippen LogP contribution in [0.2, 0.25) is 0 Å². The lowest BCUT2D eigenvalue weighted by atomic mass is 10.4. The van der Waals surface area contributed by atoms with Crippen LogP contribution in [0, 0.1) is 0 Å². The second-order valence-electron chi connectivity index (χ2n) is 2.69. The van der Waals surface area contributed by atoms with Crippen molar-refractivity contribution in [2.75, 3.05) is 11.1 Å². The summed E-state index contributed by atoms with van der Waals surface area (Å²) in [5.41, 5.74) is 5.13. The van der Waals surface area contributed by atoms with Crippen LogP contribution in [0.4, 0.5) is 11.5 Å². The topological polar surface area (TPSA) is 123 Å². The molecule has 0 amide bonds. The molecule has 2 aromatic rings. The first kappa shape index (κ1) is 9.19. The zero-order valence-electron chi connectivity index (χ0n) is 7.60. The van der Waals surface area contributed by atoms with Gasteiger partial charge in [0.05, 0.1) is 12.9 Å². The molecule has 0 fully saturated rings. The number of anilines is 2. The third-order valence-corrected chi connectivity index (χ3v) is 1.71. The van der Waals surface area contributed by atoms with E-state index in [1.54, 1.807) is 0 Å². The highest BCUT2D eigenvalue weighted by atomic mass is 16.5. The van der Waals surface area contributed by atoms with E-state index in [4.69, 9.17) is 5.73 Å². The summed E-state index contributed by atoms with van der Waals surface area (Å²) in [5.74, 6) is 0.750. The first-order valence-corrected chi connectivity index (χ1v) is 4.09. The summed E-state index contributed by atoms with van der Waals surface area (Å²) in [5, 5.41) is 6.40. The molecule has 0 atom stereocenters. The first-order chi connectivity index (χ1) is 7.27. The number of aromatic nitrogens is 4. The summed E-state index contributed by atoms with van der Waals surface area (Å²) in [6.07, 6.45) is 2.48. The summed E-state index contributed by atoms with van der Waals surface area (Å²) in [6, 6.07) is 0. The Morgan fingerprint density at radius 3 is 3.13 bits per heavy atom. The van der Waals surface area contributed by atoms with E-state index in [9.17, 15) is 4.79 Å². The monoisotopic (exact) mass is 208 g/mol. The van der Waals surface area contributed by atoms with Gasteiger partial charge in [-0.1, -0.05) is 5.16 Å². The van der Waals surface area contributed by atoms with Crippen molar-refractivity contribution in [1.82, 2.24) is 20.1 Å². The van der Waals surface area contributed by atoms with Gasteiger partial charge in [-0.25, -0.2) is 4.98 Å². The molecule has 2 aromatic heterocycles. The minimum Gasteiger partial charge on any atom is -0.391 e. The van der Waals surface area contributed by atoms with Gasteiger partial charge >= 0.3 is 0 Å². The van der Waals surface area contributed by atoms with Crippen molar-refractivity contribution in [3.63, 3.8) is 0 Å². The van der Waals surface area contributed by atoms with Gasteiger partial charge in [0.15, 0.2) is 11.6 Å². The predicted octanol–water partition coefficient (Wildman–Crippen LogP) is -0.653. The zero-order chi connectivity index (χ0) is 10.7. The predicted molar refractivity (Wildman–Crippen MR) is 50.9 cm³/mol. The van der Waals surface area contributed by atoms with Crippen LogP contribution in [0.5, 0.6) is 0 Å². The highest BCUT2D eigenvalue weighted by Gasteiger charge is 2.05. The average Bonchev–Trinajstić information content (AvgIpc) is 2.73. The molecule has 8 nitrogen and oxygen atoms in total. The number of hydrogen-bond acceptors (Lipinski definition) is 7. The van der Waals surface area contributed by atoms with Crippen LogP contribution in [-0.4, -0.2) is 20.1 Å². The standard InChI is InChI=1S/C7H8N6O2/c8-5-6(10-2-11-7(5)14)9-1-4-12-3-15-13-4/h2-3H,1,8H2,(H2,9,10,11,14). The fraction of sp³-hybridized carbons (Fsp3) is 0.143. The van der Waals surface area contributed by atoms with E-state index in [1.807, 2.05) is 0 Å². The smallest absolute Gasteiger partial charge is 0.276 e. The van der Waals surface area contributed by atoms with Crippen molar-refractivity contribution in [2.24, 2.45) is 0 Å². The number of aromatic amines is 1. The number of nitrogens with one attached hydrogen (secondary N) is 2. The van der Waals surface area contributed by atoms with Gasteiger partial charge in [0.2, 0.25) is 6.39 Å². The van der Waals surface area contributed by atoms with Crippen molar-refractivity contribution in [3.8, 4) is 0 Å². The third-order valence-electron chi connectivity index (χ3n) is 1.71. The lowest BCUT2D eigenvalue weighted by Gasteiger charge is -2.03. The molecule has 0 bridgehead atoms. The van der Waals surface area contributed by atoms with Crippen molar-refractivity contribution < 1.29 is 4.52 Å². The molecule has 8 heteroatoms. The lowest BCUT2D eigenvalue weighted by Crippen LogP contribution is -2.16. The molecule has 0 aromatic carbocycles. The van der Waals surface area contributed by atoms with E-state index in [2.05, 4.69) is 29.9 Å². The number of H-pyrrole nitrogens is 1. The van der Waals surface area contributed by atoms with Gasteiger partial charge in [0.1, 0.15) is 5.69 Å². The summed E-state index contributed by atoms with van der Waals surface area (Å²) >= 11 is 0. The van der Waals surface area contributed by atoms with Gasteiger partial charge in [-0.2, -0.15) is 4.98 Å². The van der Waals surface area contributed by atoms with Crippen LogP contribution < -0.4 is 16.6 Å². The molecule has 15 heavy (non-hydrogen) atoms. The Hall–Kier alpha value is -2.38. The van der Waals surface area contributed by atoms with Crippen LogP contribution in [0.1, 0.15) is 5.82 Å². The van der Waals surface area contributed by atoms with Gasteiger partial charge in [-0.3, -0.25) is 4.79 Å². The molecule has 78 valence electrons. The molecule has 0 aliphatic heterocycles. The molecule has 2 rings (SSSR count). The number of nitrogens with zero attached hydrogens (tertiary/aromatic N) is 3. The zero-order valence-corrected chi connectivity index (χ0v) is 7.60. The van der Waals surface area contributed by atoms with E-state index in [0.29, 0.717) is 11.6 Å². The minimum absolute atomic E-state index is 0.0287. The fourth-order valence-corrected chi connectivity index (χ4v) is 0.984. The van der Waals surface area contributed by atoms with Gasteiger partial charge in [-0.05, 0) is 0 Å². The van der Waals surface area contributed by atoms with Crippen molar-refractivity contribution >= 4 is 11.5 Å². The Morgan fingerprint density at radius 2 is 2.40 bits per heavy atom.